The summed E-state index contributed by atoms with van der Waals surface area (Å²) in [5.74, 6) is 1.43. The first-order valence-electron chi connectivity index (χ1n) is 7.28. The maximum Gasteiger partial charge on any atom is 0.244 e. The fourth-order valence-corrected chi connectivity index (χ4v) is 3.10. The van der Waals surface area contributed by atoms with Crippen molar-refractivity contribution < 1.29 is 8.42 Å². The summed E-state index contributed by atoms with van der Waals surface area (Å²) >= 11 is 0. The molecule has 126 valence electrons. The van der Waals surface area contributed by atoms with Crippen molar-refractivity contribution in [3.05, 3.63) is 48.5 Å². The van der Waals surface area contributed by atoms with Gasteiger partial charge in [-0.2, -0.15) is 0 Å². The molecule has 0 aromatic carbocycles. The summed E-state index contributed by atoms with van der Waals surface area (Å²) < 4.78 is 27.2. The van der Waals surface area contributed by atoms with Gasteiger partial charge in [-0.25, -0.2) is 17.7 Å². The first kappa shape index (κ1) is 16.3. The van der Waals surface area contributed by atoms with Gasteiger partial charge in [-0.3, -0.25) is 4.40 Å². The molecule has 0 saturated carbocycles. The molecule has 0 fully saturated rings. The summed E-state index contributed by atoms with van der Waals surface area (Å²) in [6.07, 6.45) is 3.27. The highest BCUT2D eigenvalue weighted by Gasteiger charge is 2.18. The van der Waals surface area contributed by atoms with E-state index in [0.717, 1.165) is 15.8 Å². The van der Waals surface area contributed by atoms with E-state index in [1.165, 1.54) is 20.3 Å². The quantitative estimate of drug-likeness (QED) is 0.686. The van der Waals surface area contributed by atoms with Gasteiger partial charge in [0, 0.05) is 33.5 Å². The minimum Gasteiger partial charge on any atom is -0.352 e. The Morgan fingerprint density at radius 2 is 1.88 bits per heavy atom. The molecule has 24 heavy (non-hydrogen) atoms. The van der Waals surface area contributed by atoms with Crippen LogP contribution in [0.25, 0.3) is 5.65 Å². The Morgan fingerprint density at radius 3 is 2.54 bits per heavy atom. The van der Waals surface area contributed by atoms with Gasteiger partial charge in [0.05, 0.1) is 6.54 Å². The third-order valence-electron chi connectivity index (χ3n) is 3.65. The van der Waals surface area contributed by atoms with Crippen LogP contribution in [0.1, 0.15) is 5.82 Å². The number of sulfonamides is 1. The van der Waals surface area contributed by atoms with Crippen LogP contribution in [-0.2, 0) is 16.6 Å². The number of aromatic nitrogens is 4. The Hall–Kier alpha value is -2.52. The minimum atomic E-state index is -3.47. The Balaban J connectivity index is 1.82. The van der Waals surface area contributed by atoms with E-state index in [0.29, 0.717) is 12.4 Å². The van der Waals surface area contributed by atoms with E-state index < -0.39 is 10.0 Å². The molecule has 3 aromatic rings. The molecule has 0 N–H and O–H groups in total. The van der Waals surface area contributed by atoms with E-state index in [2.05, 4.69) is 15.2 Å². The fraction of sp³-hybridized carbons (Fsp3) is 0.267. The number of pyridine rings is 2. The topological polar surface area (TPSA) is 83.7 Å². The maximum absolute atomic E-state index is 12.1. The molecule has 9 heteroatoms. The highest BCUT2D eigenvalue weighted by molar-refractivity contribution is 7.89. The second-order valence-electron chi connectivity index (χ2n) is 5.54. The molecule has 0 aliphatic heterocycles. The highest BCUT2D eigenvalue weighted by atomic mass is 32.2. The Labute approximate surface area is 140 Å². The largest absolute Gasteiger partial charge is 0.352 e. The van der Waals surface area contributed by atoms with Gasteiger partial charge < -0.3 is 4.90 Å². The summed E-state index contributed by atoms with van der Waals surface area (Å²) in [4.78, 5) is 6.30. The van der Waals surface area contributed by atoms with Crippen LogP contribution in [0.3, 0.4) is 0 Å². The van der Waals surface area contributed by atoms with Crippen LogP contribution in [0.4, 0.5) is 5.82 Å². The molecular formula is C15H18N6O2S. The molecule has 3 rings (SSSR count). The number of hydrogen-bond donors (Lipinski definition) is 0. The number of nitrogens with zero attached hydrogens (tertiary/aromatic N) is 6. The summed E-state index contributed by atoms with van der Waals surface area (Å²) in [6.45, 7) is 0.498. The summed E-state index contributed by atoms with van der Waals surface area (Å²) in [5, 5.41) is 8.29. The Kier molecular flexibility index (Phi) is 4.20. The van der Waals surface area contributed by atoms with Gasteiger partial charge in [-0.1, -0.05) is 6.07 Å². The van der Waals surface area contributed by atoms with E-state index in [1.807, 2.05) is 40.7 Å². The zero-order valence-electron chi connectivity index (χ0n) is 13.7. The number of rotatable bonds is 5. The normalized spacial score (nSPS) is 12.0. The third-order valence-corrected chi connectivity index (χ3v) is 5.45. The number of fused-ring (bicyclic) bond motifs is 1. The molecule has 0 aliphatic rings. The molecule has 3 heterocycles. The van der Waals surface area contributed by atoms with Crippen molar-refractivity contribution in [2.75, 3.05) is 26.0 Å². The van der Waals surface area contributed by atoms with Gasteiger partial charge in [0.25, 0.3) is 0 Å². The van der Waals surface area contributed by atoms with Crippen molar-refractivity contribution in [1.29, 1.82) is 0 Å². The van der Waals surface area contributed by atoms with Crippen LogP contribution in [0, 0.1) is 0 Å². The molecular weight excluding hydrogens is 328 g/mol. The summed E-state index contributed by atoms with van der Waals surface area (Å²) in [7, 11) is 1.38. The van der Waals surface area contributed by atoms with Crippen molar-refractivity contribution in [2.45, 2.75) is 11.4 Å². The average Bonchev–Trinajstić information content (AvgIpc) is 2.98. The van der Waals surface area contributed by atoms with Crippen LogP contribution in [0.15, 0.2) is 47.6 Å². The van der Waals surface area contributed by atoms with Gasteiger partial charge in [-0.05, 0) is 24.3 Å². The lowest BCUT2D eigenvalue weighted by atomic mass is 10.4. The van der Waals surface area contributed by atoms with E-state index in [-0.39, 0.29) is 4.90 Å². The molecule has 8 nitrogen and oxygen atoms in total. The second-order valence-corrected chi connectivity index (χ2v) is 7.69. The van der Waals surface area contributed by atoms with Gasteiger partial charge in [0.15, 0.2) is 11.5 Å². The van der Waals surface area contributed by atoms with Crippen molar-refractivity contribution in [2.24, 2.45) is 0 Å². The van der Waals surface area contributed by atoms with Crippen LogP contribution >= 0.6 is 0 Å². The van der Waals surface area contributed by atoms with Crippen molar-refractivity contribution >= 4 is 21.5 Å². The van der Waals surface area contributed by atoms with Crippen LogP contribution in [-0.4, -0.2) is 53.4 Å². The van der Waals surface area contributed by atoms with Crippen molar-refractivity contribution in [3.63, 3.8) is 0 Å². The Morgan fingerprint density at radius 1 is 1.08 bits per heavy atom. The standard InChI is InChI=1S/C15H18N6O2S/c1-19(2)24(22,23)12-7-8-13(16-10-12)20(3)11-15-18-17-14-6-4-5-9-21(14)15/h4-10H,11H2,1-3H3. The molecule has 0 unspecified atom stereocenters. The first-order valence-corrected chi connectivity index (χ1v) is 8.72. The Bertz CT molecular complexity index is 950. The molecule has 0 bridgehead atoms. The van der Waals surface area contributed by atoms with E-state index >= 15 is 0 Å². The van der Waals surface area contributed by atoms with Crippen LogP contribution < -0.4 is 4.90 Å². The fourth-order valence-electron chi connectivity index (χ4n) is 2.25. The van der Waals surface area contributed by atoms with Gasteiger partial charge in [0.2, 0.25) is 10.0 Å². The second kappa shape index (κ2) is 6.17. The summed E-state index contributed by atoms with van der Waals surface area (Å²) in [6, 6.07) is 8.94. The summed E-state index contributed by atoms with van der Waals surface area (Å²) in [5.41, 5.74) is 0.779. The number of anilines is 1. The van der Waals surface area contributed by atoms with Crippen molar-refractivity contribution in [1.82, 2.24) is 23.9 Å². The molecule has 0 spiro atoms. The molecule has 0 saturated heterocycles. The number of hydrogen-bond acceptors (Lipinski definition) is 6. The molecule has 0 aliphatic carbocycles. The third kappa shape index (κ3) is 2.95. The molecule has 0 amide bonds. The predicted octanol–water partition coefficient (Wildman–Crippen LogP) is 1.01. The van der Waals surface area contributed by atoms with Crippen molar-refractivity contribution in [3.8, 4) is 0 Å². The highest BCUT2D eigenvalue weighted by Crippen LogP contribution is 2.17. The zero-order chi connectivity index (χ0) is 17.3. The average molecular weight is 346 g/mol. The van der Waals surface area contributed by atoms with Gasteiger partial charge in [0.1, 0.15) is 10.7 Å². The molecule has 0 radical (unpaired) electrons. The smallest absolute Gasteiger partial charge is 0.244 e. The van der Waals surface area contributed by atoms with Crippen LogP contribution in [0.5, 0.6) is 0 Å². The lowest BCUT2D eigenvalue weighted by molar-refractivity contribution is 0.520. The van der Waals surface area contributed by atoms with Gasteiger partial charge >= 0.3 is 0 Å². The lowest BCUT2D eigenvalue weighted by Crippen LogP contribution is -2.23. The first-order chi connectivity index (χ1) is 11.4. The van der Waals surface area contributed by atoms with E-state index in [9.17, 15) is 8.42 Å². The minimum absolute atomic E-state index is 0.164. The monoisotopic (exact) mass is 346 g/mol. The SMILES string of the molecule is CN(Cc1nnc2ccccn12)c1ccc(S(=O)(=O)N(C)C)cn1. The van der Waals surface area contributed by atoms with Crippen LogP contribution in [0.2, 0.25) is 0 Å². The lowest BCUT2D eigenvalue weighted by Gasteiger charge is -2.18. The molecule has 0 atom stereocenters. The predicted molar refractivity (Wildman–Crippen MR) is 90.2 cm³/mol. The van der Waals surface area contributed by atoms with Gasteiger partial charge in [-0.15, -0.1) is 10.2 Å². The van der Waals surface area contributed by atoms with E-state index in [4.69, 9.17) is 0 Å². The van der Waals surface area contributed by atoms with E-state index in [1.54, 1.807) is 12.1 Å². The maximum atomic E-state index is 12.1. The zero-order valence-corrected chi connectivity index (χ0v) is 14.5. The molecule has 3 aromatic heterocycles.